The van der Waals surface area contributed by atoms with Crippen LogP contribution in [-0.4, -0.2) is 55.6 Å². The maximum absolute atomic E-state index is 13.5. The molecule has 0 saturated carbocycles. The summed E-state index contributed by atoms with van der Waals surface area (Å²) in [5.74, 6) is 0.534. The molecule has 1 spiro atoms. The van der Waals surface area contributed by atoms with Gasteiger partial charge in [0.2, 0.25) is 5.76 Å². The summed E-state index contributed by atoms with van der Waals surface area (Å²) < 4.78 is 55.6. The molecular weight excluding hydrogens is 745 g/mol. The van der Waals surface area contributed by atoms with E-state index in [2.05, 4.69) is 45.0 Å². The van der Waals surface area contributed by atoms with E-state index in [0.717, 1.165) is 21.3 Å². The summed E-state index contributed by atoms with van der Waals surface area (Å²) in [5.41, 5.74) is 0.813. The van der Waals surface area contributed by atoms with Gasteiger partial charge in [-0.3, -0.25) is 0 Å². The number of esters is 1. The molecule has 5 aromatic carbocycles. The summed E-state index contributed by atoms with van der Waals surface area (Å²) in [5, 5.41) is 3.89. The summed E-state index contributed by atoms with van der Waals surface area (Å²) in [4.78, 5) is 26.0. The Morgan fingerprint density at radius 1 is 0.754 bits per heavy atom. The quantitative estimate of drug-likeness (QED) is 0.107. The number of methoxy groups -OCH3 is 5. The highest BCUT2D eigenvalue weighted by Gasteiger charge is 2.56. The third kappa shape index (κ3) is 6.05. The van der Waals surface area contributed by atoms with Gasteiger partial charge in [-0.05, 0) is 45.1 Å². The minimum absolute atomic E-state index is 0.205. The molecule has 0 aliphatic carbocycles. The van der Waals surface area contributed by atoms with E-state index in [9.17, 15) is 9.59 Å². The largest absolute Gasteiger partial charge is 0.496 e. The first-order valence-electron chi connectivity index (χ1n) is 18.6. The second-order valence-corrected chi connectivity index (χ2v) is 19.5. The molecular formula is C45H44O11Si. The van der Waals surface area contributed by atoms with Gasteiger partial charge < -0.3 is 42.0 Å². The highest BCUT2D eigenvalue weighted by atomic mass is 28.4. The Bertz CT molecular complexity index is 2540. The standard InChI is InChI=1S/C45H44O11Si/c1-44(2,3)57(28-15-11-9-12-16-28,29-17-13-10-14-18-29)56-37-25-45(54-34-22-30-26(19-31(34)37)21-36(43(47)52-8)53-42(30)46)24-27-20-32-33(48-4)23-35(49-5)40(50-6)38(32)41(51-7)39(27)55-45/h9-23,37H,24-25H2,1-8H3. The van der Waals surface area contributed by atoms with Crippen molar-refractivity contribution in [3.63, 3.8) is 0 Å². The molecule has 294 valence electrons. The van der Waals surface area contributed by atoms with E-state index in [1.165, 1.54) is 13.2 Å². The van der Waals surface area contributed by atoms with Crippen LogP contribution in [0.1, 0.15) is 55.0 Å². The smallest absolute Gasteiger partial charge is 0.374 e. The van der Waals surface area contributed by atoms with Gasteiger partial charge in [-0.25, -0.2) is 9.59 Å². The number of hydrogen-bond donors (Lipinski definition) is 0. The van der Waals surface area contributed by atoms with Crippen molar-refractivity contribution >= 4 is 46.2 Å². The fourth-order valence-corrected chi connectivity index (χ4v) is 13.2. The molecule has 3 heterocycles. The summed E-state index contributed by atoms with van der Waals surface area (Å²) in [6, 6.07) is 29.5. The van der Waals surface area contributed by atoms with Gasteiger partial charge in [-0.15, -0.1) is 0 Å². The summed E-state index contributed by atoms with van der Waals surface area (Å²) in [6.07, 6.45) is -0.0649. The molecule has 0 fully saturated rings. The van der Waals surface area contributed by atoms with Crippen LogP contribution in [0.25, 0.3) is 21.5 Å². The molecule has 2 atom stereocenters. The molecule has 2 aliphatic heterocycles. The van der Waals surface area contributed by atoms with Gasteiger partial charge in [-0.2, -0.15) is 0 Å². The SMILES string of the molecule is COC(=O)c1cc2cc3c(cc2c(=O)o1)OC1(Cc2cc4c(OC)cc(OC)c(OC)c4c(OC)c2O1)CC3O[Si](c1ccccc1)(c1ccccc1)C(C)(C)C. The highest BCUT2D eigenvalue weighted by molar-refractivity contribution is 6.99. The van der Waals surface area contributed by atoms with Crippen molar-refractivity contribution in [3.8, 4) is 34.5 Å². The first kappa shape index (κ1) is 37.9. The normalized spacial score (nSPS) is 17.4. The molecule has 2 unspecified atom stereocenters. The van der Waals surface area contributed by atoms with Crippen LogP contribution in [0.15, 0.2) is 100 Å². The first-order chi connectivity index (χ1) is 27.4. The van der Waals surface area contributed by atoms with Crippen LogP contribution >= 0.6 is 0 Å². The summed E-state index contributed by atoms with van der Waals surface area (Å²) in [7, 11) is 4.35. The van der Waals surface area contributed by atoms with Crippen molar-refractivity contribution in [2.45, 2.75) is 50.5 Å². The molecule has 8 rings (SSSR count). The third-order valence-electron chi connectivity index (χ3n) is 11.0. The molecule has 2 aliphatic rings. The predicted octanol–water partition coefficient (Wildman–Crippen LogP) is 7.50. The van der Waals surface area contributed by atoms with E-state index < -0.39 is 31.8 Å². The van der Waals surface area contributed by atoms with E-state index in [1.54, 1.807) is 40.6 Å². The summed E-state index contributed by atoms with van der Waals surface area (Å²) >= 11 is 0. The van der Waals surface area contributed by atoms with Gasteiger partial charge in [-0.1, -0.05) is 81.4 Å². The Morgan fingerprint density at radius 3 is 1.98 bits per heavy atom. The molecule has 0 saturated heterocycles. The van der Waals surface area contributed by atoms with E-state index >= 15 is 0 Å². The average molecular weight is 789 g/mol. The lowest BCUT2D eigenvalue weighted by Crippen LogP contribution is -2.67. The molecule has 0 N–H and O–H groups in total. The second kappa shape index (κ2) is 14.2. The molecule has 57 heavy (non-hydrogen) atoms. The minimum atomic E-state index is -3.20. The zero-order valence-electron chi connectivity index (χ0n) is 33.1. The minimum Gasteiger partial charge on any atom is -0.496 e. The highest BCUT2D eigenvalue weighted by Crippen LogP contribution is 2.57. The maximum Gasteiger partial charge on any atom is 0.374 e. The van der Waals surface area contributed by atoms with Crippen molar-refractivity contribution in [1.82, 2.24) is 0 Å². The van der Waals surface area contributed by atoms with Crippen LogP contribution in [0.3, 0.4) is 0 Å². The lowest BCUT2D eigenvalue weighted by atomic mass is 9.91. The van der Waals surface area contributed by atoms with Crippen LogP contribution in [0.4, 0.5) is 0 Å². The van der Waals surface area contributed by atoms with Gasteiger partial charge in [0.05, 0.1) is 65.3 Å². The number of carbonyl (C=O) groups is 1. The van der Waals surface area contributed by atoms with Crippen LogP contribution in [0.2, 0.25) is 5.04 Å². The van der Waals surface area contributed by atoms with Gasteiger partial charge in [0.25, 0.3) is 14.1 Å². The average Bonchev–Trinajstić information content (AvgIpc) is 3.56. The van der Waals surface area contributed by atoms with Gasteiger partial charge in [0.1, 0.15) is 11.5 Å². The van der Waals surface area contributed by atoms with Crippen LogP contribution in [0, 0.1) is 0 Å². The Labute approximate surface area is 331 Å². The fourth-order valence-electron chi connectivity index (χ4n) is 8.56. The zero-order valence-corrected chi connectivity index (χ0v) is 34.1. The lowest BCUT2D eigenvalue weighted by molar-refractivity contribution is -0.136. The zero-order chi connectivity index (χ0) is 40.3. The molecule has 6 aromatic rings. The molecule has 12 heteroatoms. The Morgan fingerprint density at radius 2 is 1.40 bits per heavy atom. The molecule has 0 amide bonds. The molecule has 11 nitrogen and oxygen atoms in total. The van der Waals surface area contributed by atoms with Gasteiger partial charge in [0.15, 0.2) is 23.0 Å². The van der Waals surface area contributed by atoms with E-state index in [4.69, 9.17) is 42.0 Å². The van der Waals surface area contributed by atoms with Crippen LogP contribution < -0.4 is 44.4 Å². The molecule has 1 aromatic heterocycles. The molecule has 0 bridgehead atoms. The van der Waals surface area contributed by atoms with Gasteiger partial charge in [0, 0.05) is 22.6 Å². The van der Waals surface area contributed by atoms with Crippen LogP contribution in [-0.2, 0) is 15.6 Å². The molecule has 0 radical (unpaired) electrons. The number of hydrogen-bond acceptors (Lipinski definition) is 11. The van der Waals surface area contributed by atoms with E-state index in [-0.39, 0.29) is 22.6 Å². The number of benzene rings is 5. The lowest BCUT2D eigenvalue weighted by Gasteiger charge is -2.48. The van der Waals surface area contributed by atoms with E-state index in [0.29, 0.717) is 57.3 Å². The predicted molar refractivity (Wildman–Crippen MR) is 218 cm³/mol. The Balaban J connectivity index is 1.36. The van der Waals surface area contributed by atoms with Gasteiger partial charge >= 0.3 is 11.6 Å². The monoisotopic (exact) mass is 788 g/mol. The van der Waals surface area contributed by atoms with Crippen molar-refractivity contribution < 1.29 is 46.8 Å². The second-order valence-electron chi connectivity index (χ2n) is 15.3. The maximum atomic E-state index is 13.5. The first-order valence-corrected chi connectivity index (χ1v) is 20.5. The van der Waals surface area contributed by atoms with E-state index in [1.807, 2.05) is 48.5 Å². The number of ether oxygens (including phenoxy) is 7. The fraction of sp³-hybridized carbons (Fsp3) is 0.289. The van der Waals surface area contributed by atoms with Crippen molar-refractivity contribution in [2.24, 2.45) is 0 Å². The number of carbonyl (C=O) groups excluding carboxylic acids is 1. The van der Waals surface area contributed by atoms with Crippen molar-refractivity contribution in [3.05, 3.63) is 118 Å². The topological polar surface area (TPSA) is 121 Å². The Kier molecular flexibility index (Phi) is 9.44. The third-order valence-corrected chi connectivity index (χ3v) is 16.1. The number of fused-ring (bicyclic) bond motifs is 4. The summed E-state index contributed by atoms with van der Waals surface area (Å²) in [6.45, 7) is 6.66. The van der Waals surface area contributed by atoms with Crippen molar-refractivity contribution in [1.29, 1.82) is 0 Å². The number of rotatable bonds is 9. The van der Waals surface area contributed by atoms with Crippen LogP contribution in [0.5, 0.6) is 34.5 Å². The Hall–Kier alpha value is -5.98. The van der Waals surface area contributed by atoms with Crippen molar-refractivity contribution in [2.75, 3.05) is 35.5 Å².